The first-order chi connectivity index (χ1) is 13.9. The number of hydrogen-bond donors (Lipinski definition) is 0. The first-order valence-corrected chi connectivity index (χ1v) is 11.9. The maximum atomic E-state index is 12.0. The van der Waals surface area contributed by atoms with Crippen LogP contribution in [0.5, 0.6) is 0 Å². The summed E-state index contributed by atoms with van der Waals surface area (Å²) in [5.41, 5.74) is 0. The molecule has 29 heavy (non-hydrogen) atoms. The number of unbranched alkanes of at least 4 members (excludes halogenated alkanes) is 8. The van der Waals surface area contributed by atoms with Crippen LogP contribution in [0.2, 0.25) is 0 Å². The van der Waals surface area contributed by atoms with E-state index in [-0.39, 0.29) is 11.9 Å². The van der Waals surface area contributed by atoms with Gasteiger partial charge in [-0.05, 0) is 38.5 Å². The van der Waals surface area contributed by atoms with E-state index in [4.69, 9.17) is 9.47 Å². The zero-order valence-corrected chi connectivity index (χ0v) is 19.7. The summed E-state index contributed by atoms with van der Waals surface area (Å²) < 4.78 is 10.3. The van der Waals surface area contributed by atoms with Crippen molar-refractivity contribution in [3.05, 3.63) is 12.2 Å². The van der Waals surface area contributed by atoms with Crippen molar-refractivity contribution in [2.75, 3.05) is 6.61 Å². The molecule has 0 aliphatic rings. The van der Waals surface area contributed by atoms with E-state index in [2.05, 4.69) is 26.0 Å². The van der Waals surface area contributed by atoms with Gasteiger partial charge < -0.3 is 9.47 Å². The molecule has 0 aliphatic heterocycles. The van der Waals surface area contributed by atoms with Crippen molar-refractivity contribution in [1.82, 2.24) is 0 Å². The Hall–Kier alpha value is -1.32. The number of carbonyl (C=O) groups is 2. The van der Waals surface area contributed by atoms with Crippen LogP contribution in [0.15, 0.2) is 12.2 Å². The SMILES string of the molecule is CCCCCCC(C)/C=C/CCCCCCCC(=O)OC(C(=O)OCC)C(C)C. The predicted octanol–water partition coefficient (Wildman–Crippen LogP) is 7.01. The summed E-state index contributed by atoms with van der Waals surface area (Å²) in [4.78, 5) is 23.8. The lowest BCUT2D eigenvalue weighted by Crippen LogP contribution is -2.33. The fourth-order valence-corrected chi connectivity index (χ4v) is 3.26. The molecule has 0 rings (SSSR count). The highest BCUT2D eigenvalue weighted by Gasteiger charge is 2.27. The van der Waals surface area contributed by atoms with E-state index >= 15 is 0 Å². The van der Waals surface area contributed by atoms with E-state index in [9.17, 15) is 9.59 Å². The third-order valence-corrected chi connectivity index (χ3v) is 5.11. The maximum absolute atomic E-state index is 12.0. The van der Waals surface area contributed by atoms with Crippen LogP contribution in [0, 0.1) is 11.8 Å². The number of esters is 2. The molecule has 0 fully saturated rings. The molecule has 0 saturated carbocycles. The molecular weight excluding hydrogens is 364 g/mol. The standard InChI is InChI=1S/C25H46O4/c1-6-8-9-15-18-22(5)19-16-13-11-10-12-14-17-20-23(26)29-24(21(3)4)25(27)28-7-2/h16,19,21-22,24H,6-15,17-18,20H2,1-5H3/b19-16+. The molecule has 0 aromatic rings. The van der Waals surface area contributed by atoms with Crippen molar-refractivity contribution in [3.8, 4) is 0 Å². The minimum atomic E-state index is -0.789. The van der Waals surface area contributed by atoms with E-state index in [1.165, 1.54) is 44.9 Å². The molecule has 0 heterocycles. The Balaban J connectivity index is 3.72. The zero-order valence-electron chi connectivity index (χ0n) is 19.7. The second-order valence-electron chi connectivity index (χ2n) is 8.47. The van der Waals surface area contributed by atoms with Gasteiger partial charge in [0.25, 0.3) is 0 Å². The Morgan fingerprint density at radius 3 is 2.17 bits per heavy atom. The molecule has 0 spiro atoms. The molecular formula is C25H46O4. The molecule has 0 aliphatic carbocycles. The van der Waals surface area contributed by atoms with Crippen molar-refractivity contribution >= 4 is 11.9 Å². The summed E-state index contributed by atoms with van der Waals surface area (Å²) in [5.74, 6) is -0.126. The van der Waals surface area contributed by atoms with E-state index in [1.807, 2.05) is 13.8 Å². The molecule has 4 heteroatoms. The topological polar surface area (TPSA) is 52.6 Å². The van der Waals surface area contributed by atoms with Crippen LogP contribution in [-0.4, -0.2) is 24.6 Å². The van der Waals surface area contributed by atoms with Gasteiger partial charge in [-0.25, -0.2) is 4.79 Å². The Kier molecular flexibility index (Phi) is 17.8. The average molecular weight is 411 g/mol. The van der Waals surface area contributed by atoms with Crippen LogP contribution in [0.4, 0.5) is 0 Å². The Morgan fingerprint density at radius 2 is 1.52 bits per heavy atom. The van der Waals surface area contributed by atoms with Crippen molar-refractivity contribution in [1.29, 1.82) is 0 Å². The van der Waals surface area contributed by atoms with Gasteiger partial charge in [-0.1, -0.05) is 84.8 Å². The summed E-state index contributed by atoms with van der Waals surface area (Å²) in [6.45, 7) is 10.3. The van der Waals surface area contributed by atoms with Crippen LogP contribution >= 0.6 is 0 Å². The van der Waals surface area contributed by atoms with Gasteiger partial charge in [-0.3, -0.25) is 4.79 Å². The first kappa shape index (κ1) is 27.7. The van der Waals surface area contributed by atoms with Gasteiger partial charge in [0.05, 0.1) is 6.61 Å². The first-order valence-electron chi connectivity index (χ1n) is 11.9. The van der Waals surface area contributed by atoms with Gasteiger partial charge >= 0.3 is 11.9 Å². The molecule has 0 N–H and O–H groups in total. The van der Waals surface area contributed by atoms with Crippen molar-refractivity contribution in [3.63, 3.8) is 0 Å². The molecule has 170 valence electrons. The monoisotopic (exact) mass is 410 g/mol. The number of hydrogen-bond acceptors (Lipinski definition) is 4. The summed E-state index contributed by atoms with van der Waals surface area (Å²) in [7, 11) is 0. The number of ether oxygens (including phenoxy) is 2. The van der Waals surface area contributed by atoms with Gasteiger partial charge in [-0.15, -0.1) is 0 Å². The molecule has 0 bridgehead atoms. The van der Waals surface area contributed by atoms with Crippen LogP contribution in [0.3, 0.4) is 0 Å². The summed E-state index contributed by atoms with van der Waals surface area (Å²) in [6, 6.07) is 0. The number of rotatable bonds is 18. The quantitative estimate of drug-likeness (QED) is 0.138. The third kappa shape index (κ3) is 16.2. The molecule has 0 saturated heterocycles. The fourth-order valence-electron chi connectivity index (χ4n) is 3.26. The summed E-state index contributed by atoms with van der Waals surface area (Å²) >= 11 is 0. The van der Waals surface area contributed by atoms with Crippen LogP contribution < -0.4 is 0 Å². The maximum Gasteiger partial charge on any atom is 0.347 e. The zero-order chi connectivity index (χ0) is 21.9. The second kappa shape index (κ2) is 18.7. The molecule has 0 radical (unpaired) electrons. The lowest BCUT2D eigenvalue weighted by Gasteiger charge is -2.19. The number of carbonyl (C=O) groups excluding carboxylic acids is 2. The van der Waals surface area contributed by atoms with Crippen molar-refractivity contribution < 1.29 is 19.1 Å². The molecule has 0 amide bonds. The van der Waals surface area contributed by atoms with E-state index in [0.717, 1.165) is 25.7 Å². The molecule has 2 unspecified atom stereocenters. The second-order valence-corrected chi connectivity index (χ2v) is 8.47. The smallest absolute Gasteiger partial charge is 0.347 e. The highest BCUT2D eigenvalue weighted by Crippen LogP contribution is 2.14. The Bertz CT molecular complexity index is 442. The van der Waals surface area contributed by atoms with E-state index in [0.29, 0.717) is 18.9 Å². The summed E-state index contributed by atoms with van der Waals surface area (Å²) in [5, 5.41) is 0. The summed E-state index contributed by atoms with van der Waals surface area (Å²) in [6.07, 6.45) is 17.5. The van der Waals surface area contributed by atoms with E-state index in [1.54, 1.807) is 6.92 Å². The molecule has 4 nitrogen and oxygen atoms in total. The highest BCUT2D eigenvalue weighted by atomic mass is 16.6. The molecule has 0 aromatic carbocycles. The van der Waals surface area contributed by atoms with Gasteiger partial charge in [-0.2, -0.15) is 0 Å². The van der Waals surface area contributed by atoms with Gasteiger partial charge in [0.15, 0.2) is 0 Å². The van der Waals surface area contributed by atoms with Gasteiger partial charge in [0, 0.05) is 12.3 Å². The van der Waals surface area contributed by atoms with Crippen LogP contribution in [0.1, 0.15) is 112 Å². The Morgan fingerprint density at radius 1 is 0.862 bits per heavy atom. The van der Waals surface area contributed by atoms with Gasteiger partial charge in [0.1, 0.15) is 0 Å². The minimum absolute atomic E-state index is 0.0786. The minimum Gasteiger partial charge on any atom is -0.463 e. The predicted molar refractivity (Wildman–Crippen MR) is 121 cm³/mol. The normalized spacial score (nSPS) is 13.6. The lowest BCUT2D eigenvalue weighted by molar-refractivity contribution is -0.170. The average Bonchev–Trinajstić information content (AvgIpc) is 2.68. The van der Waals surface area contributed by atoms with Crippen LogP contribution in [-0.2, 0) is 19.1 Å². The lowest BCUT2D eigenvalue weighted by atomic mass is 10.0. The van der Waals surface area contributed by atoms with Gasteiger partial charge in [0.2, 0.25) is 6.10 Å². The third-order valence-electron chi connectivity index (χ3n) is 5.11. The van der Waals surface area contributed by atoms with E-state index < -0.39 is 12.1 Å². The largest absolute Gasteiger partial charge is 0.463 e. The Labute approximate surface area is 179 Å². The highest BCUT2D eigenvalue weighted by molar-refractivity contribution is 5.79. The van der Waals surface area contributed by atoms with Crippen molar-refractivity contribution in [2.45, 2.75) is 118 Å². The number of allylic oxidation sites excluding steroid dienone is 2. The molecule has 2 atom stereocenters. The van der Waals surface area contributed by atoms with Crippen LogP contribution in [0.25, 0.3) is 0 Å². The molecule has 0 aromatic heterocycles. The fraction of sp³-hybridized carbons (Fsp3) is 0.840. The van der Waals surface area contributed by atoms with Crippen molar-refractivity contribution in [2.24, 2.45) is 11.8 Å².